The standard InChI is InChI=1S/C20H20BrN5O2.2C2HF3O2/c21-16-5-3-13(4-6-16)17(22)20(27)26-11-1-2-15(12-26)19-24-18(25-28-19)14-7-9-23-10-8-14;2*3-2(4,5)1(6)7/h3-10,15,17H,1-2,11-12,22H2;2*(H,6,7). The minimum atomic E-state index is -5.08. The van der Waals surface area contributed by atoms with Gasteiger partial charge in [-0.1, -0.05) is 33.2 Å². The molecule has 1 aromatic carbocycles. The third-order valence-corrected chi connectivity index (χ3v) is 5.97. The van der Waals surface area contributed by atoms with Crippen LogP contribution < -0.4 is 5.73 Å². The van der Waals surface area contributed by atoms with Gasteiger partial charge in [-0.2, -0.15) is 31.3 Å². The molecule has 3 heterocycles. The second-order valence-electron chi connectivity index (χ2n) is 8.45. The van der Waals surface area contributed by atoms with E-state index in [-0.39, 0.29) is 11.8 Å². The van der Waals surface area contributed by atoms with E-state index in [1.807, 2.05) is 36.4 Å². The highest BCUT2D eigenvalue weighted by Crippen LogP contribution is 2.29. The number of hydrogen-bond acceptors (Lipinski definition) is 8. The van der Waals surface area contributed by atoms with Crippen molar-refractivity contribution in [3.63, 3.8) is 0 Å². The van der Waals surface area contributed by atoms with Gasteiger partial charge in [-0.25, -0.2) is 9.59 Å². The van der Waals surface area contributed by atoms with E-state index < -0.39 is 30.3 Å². The van der Waals surface area contributed by atoms with E-state index in [1.165, 1.54) is 0 Å². The number of pyridine rings is 1. The Labute approximate surface area is 241 Å². The number of nitrogens with zero attached hydrogens (tertiary/aromatic N) is 4. The van der Waals surface area contributed by atoms with Gasteiger partial charge < -0.3 is 25.4 Å². The maximum absolute atomic E-state index is 12.9. The van der Waals surface area contributed by atoms with Crippen LogP contribution in [-0.4, -0.2) is 73.5 Å². The number of carboxylic acids is 2. The van der Waals surface area contributed by atoms with Gasteiger partial charge in [0.05, 0.1) is 5.92 Å². The maximum Gasteiger partial charge on any atom is 0.490 e. The summed E-state index contributed by atoms with van der Waals surface area (Å²) in [7, 11) is 0. The van der Waals surface area contributed by atoms with E-state index in [1.54, 1.807) is 17.3 Å². The summed E-state index contributed by atoms with van der Waals surface area (Å²) in [6.45, 7) is 1.21. The molecule has 11 nitrogen and oxygen atoms in total. The van der Waals surface area contributed by atoms with Crippen LogP contribution in [-0.2, 0) is 14.4 Å². The molecule has 42 heavy (non-hydrogen) atoms. The van der Waals surface area contributed by atoms with Gasteiger partial charge >= 0.3 is 24.3 Å². The monoisotopic (exact) mass is 669 g/mol. The van der Waals surface area contributed by atoms with Crippen molar-refractivity contribution in [1.29, 1.82) is 0 Å². The van der Waals surface area contributed by atoms with Crippen molar-refractivity contribution in [3.05, 3.63) is 64.7 Å². The fourth-order valence-corrected chi connectivity index (χ4v) is 3.67. The molecule has 0 saturated carbocycles. The minimum Gasteiger partial charge on any atom is -0.475 e. The average Bonchev–Trinajstić information content (AvgIpc) is 3.43. The molecule has 2 atom stereocenters. The van der Waals surface area contributed by atoms with Crippen LogP contribution in [0.2, 0.25) is 0 Å². The Morgan fingerprint density at radius 2 is 1.50 bits per heavy atom. The van der Waals surface area contributed by atoms with Crippen LogP contribution in [0, 0.1) is 0 Å². The first-order chi connectivity index (χ1) is 19.5. The topological polar surface area (TPSA) is 173 Å². The lowest BCUT2D eigenvalue weighted by Crippen LogP contribution is -2.43. The number of carbonyl (C=O) groups excluding carboxylic acids is 1. The van der Waals surface area contributed by atoms with Crippen molar-refractivity contribution < 1.29 is 55.5 Å². The number of nitrogens with two attached hydrogens (primary N) is 1. The highest BCUT2D eigenvalue weighted by atomic mass is 79.9. The molecular weight excluding hydrogens is 648 g/mol. The number of aromatic nitrogens is 3. The Morgan fingerprint density at radius 1 is 0.976 bits per heavy atom. The van der Waals surface area contributed by atoms with Gasteiger partial charge in [-0.15, -0.1) is 0 Å². The Balaban J connectivity index is 0.000000367. The third kappa shape index (κ3) is 10.4. The molecule has 1 amide bonds. The quantitative estimate of drug-likeness (QED) is 0.334. The third-order valence-electron chi connectivity index (χ3n) is 5.44. The maximum atomic E-state index is 12.9. The van der Waals surface area contributed by atoms with Crippen LogP contribution >= 0.6 is 15.9 Å². The number of aliphatic carboxylic acids is 2. The van der Waals surface area contributed by atoms with Crippen LogP contribution in [0.5, 0.6) is 0 Å². The van der Waals surface area contributed by atoms with Gasteiger partial charge in [-0.3, -0.25) is 9.78 Å². The molecule has 1 fully saturated rings. The Kier molecular flexibility index (Phi) is 12.0. The van der Waals surface area contributed by atoms with Gasteiger partial charge in [0.15, 0.2) is 0 Å². The second kappa shape index (κ2) is 14.7. The Bertz CT molecular complexity index is 1310. The fraction of sp³-hybridized carbons (Fsp3) is 0.333. The van der Waals surface area contributed by atoms with E-state index in [4.69, 9.17) is 30.1 Å². The molecular formula is C24H22BrF6N5O6. The van der Waals surface area contributed by atoms with Crippen LogP contribution in [0.15, 0.2) is 57.8 Å². The van der Waals surface area contributed by atoms with Crippen molar-refractivity contribution in [2.45, 2.75) is 37.2 Å². The number of halogens is 7. The van der Waals surface area contributed by atoms with E-state index in [0.29, 0.717) is 24.8 Å². The number of likely N-dealkylation sites (tertiary alicyclic amines) is 1. The predicted octanol–water partition coefficient (Wildman–Crippen LogP) is 4.57. The number of alkyl halides is 6. The van der Waals surface area contributed by atoms with E-state index in [9.17, 15) is 31.1 Å². The minimum absolute atomic E-state index is 0.0119. The Hall–Kier alpha value is -4.06. The SMILES string of the molecule is NC(C(=O)N1CCCC(c2nc(-c3ccncc3)no2)C1)c1ccc(Br)cc1.O=C(O)C(F)(F)F.O=C(O)C(F)(F)F. The summed E-state index contributed by atoms with van der Waals surface area (Å²) in [5, 5.41) is 18.3. The first kappa shape index (κ1) is 34.1. The normalized spacial score (nSPS) is 15.8. The van der Waals surface area contributed by atoms with E-state index >= 15 is 0 Å². The van der Waals surface area contributed by atoms with E-state index in [2.05, 4.69) is 31.1 Å². The molecule has 0 aliphatic carbocycles. The predicted molar refractivity (Wildman–Crippen MR) is 135 cm³/mol. The molecule has 4 rings (SSSR count). The highest BCUT2D eigenvalue weighted by Gasteiger charge is 2.39. The number of piperidine rings is 1. The number of amides is 1. The lowest BCUT2D eigenvalue weighted by Gasteiger charge is -2.32. The molecule has 0 spiro atoms. The fourth-order valence-electron chi connectivity index (χ4n) is 3.41. The first-order valence-electron chi connectivity index (χ1n) is 11.6. The highest BCUT2D eigenvalue weighted by molar-refractivity contribution is 9.10. The first-order valence-corrected chi connectivity index (χ1v) is 12.4. The summed E-state index contributed by atoms with van der Waals surface area (Å²) < 4.78 is 69.9. The lowest BCUT2D eigenvalue weighted by atomic mass is 9.96. The lowest BCUT2D eigenvalue weighted by molar-refractivity contribution is -0.193. The van der Waals surface area contributed by atoms with Crippen molar-refractivity contribution in [3.8, 4) is 11.4 Å². The molecule has 4 N–H and O–H groups in total. The van der Waals surface area contributed by atoms with Gasteiger partial charge in [0, 0.05) is 35.5 Å². The number of carboxylic acid groups (broad SMARTS) is 2. The summed E-state index contributed by atoms with van der Waals surface area (Å²) in [6, 6.07) is 10.5. The smallest absolute Gasteiger partial charge is 0.475 e. The number of hydrogen-bond donors (Lipinski definition) is 3. The van der Waals surface area contributed by atoms with Crippen molar-refractivity contribution in [1.82, 2.24) is 20.0 Å². The second-order valence-corrected chi connectivity index (χ2v) is 9.37. The van der Waals surface area contributed by atoms with Crippen molar-refractivity contribution >= 4 is 33.8 Å². The van der Waals surface area contributed by atoms with Gasteiger partial charge in [0.25, 0.3) is 0 Å². The average molecular weight is 670 g/mol. The van der Waals surface area contributed by atoms with Crippen LogP contribution in [0.3, 0.4) is 0 Å². The summed E-state index contributed by atoms with van der Waals surface area (Å²) in [5.41, 5.74) is 7.87. The zero-order valence-electron chi connectivity index (χ0n) is 21.1. The van der Waals surface area contributed by atoms with Crippen molar-refractivity contribution in [2.75, 3.05) is 13.1 Å². The van der Waals surface area contributed by atoms with Gasteiger partial charge in [0.2, 0.25) is 17.6 Å². The molecule has 1 aliphatic heterocycles. The molecule has 0 bridgehead atoms. The summed E-state index contributed by atoms with van der Waals surface area (Å²) in [5.74, 6) is -4.49. The number of rotatable bonds is 4. The molecule has 2 unspecified atom stereocenters. The molecule has 1 aliphatic rings. The molecule has 1 saturated heterocycles. The van der Waals surface area contributed by atoms with E-state index in [0.717, 1.165) is 28.4 Å². The summed E-state index contributed by atoms with van der Waals surface area (Å²) in [4.78, 5) is 41.0. The van der Waals surface area contributed by atoms with Crippen LogP contribution in [0.25, 0.3) is 11.4 Å². The van der Waals surface area contributed by atoms with Gasteiger partial charge in [-0.05, 0) is 42.7 Å². The number of carbonyl (C=O) groups is 3. The largest absolute Gasteiger partial charge is 0.490 e. The molecule has 18 heteroatoms. The Morgan fingerprint density at radius 3 is 2.00 bits per heavy atom. The van der Waals surface area contributed by atoms with Crippen LogP contribution in [0.4, 0.5) is 26.3 Å². The molecule has 0 radical (unpaired) electrons. The van der Waals surface area contributed by atoms with Crippen molar-refractivity contribution in [2.24, 2.45) is 5.73 Å². The summed E-state index contributed by atoms with van der Waals surface area (Å²) >= 11 is 3.40. The molecule has 228 valence electrons. The van der Waals surface area contributed by atoms with Crippen LogP contribution in [0.1, 0.15) is 36.3 Å². The number of benzene rings is 1. The zero-order valence-corrected chi connectivity index (χ0v) is 22.7. The van der Waals surface area contributed by atoms with Gasteiger partial charge in [0.1, 0.15) is 6.04 Å². The summed E-state index contributed by atoms with van der Waals surface area (Å²) in [6.07, 6.45) is -5.02. The molecule has 2 aromatic heterocycles. The zero-order chi connectivity index (χ0) is 31.7. The molecule has 3 aromatic rings.